The molecule has 60 valence electrons. The van der Waals surface area contributed by atoms with Crippen LogP contribution in [-0.4, -0.2) is 23.3 Å². The normalized spacial score (nSPS) is 10.2. The zero-order chi connectivity index (χ0) is 7.49. The van der Waals surface area contributed by atoms with Crippen molar-refractivity contribution in [3.05, 3.63) is 0 Å². The quantitative estimate of drug-likeness (QED) is 0.233. The fourth-order valence-electron chi connectivity index (χ4n) is 0.254. The van der Waals surface area contributed by atoms with E-state index in [2.05, 4.69) is 25.3 Å². The third-order valence-electron chi connectivity index (χ3n) is 0.634. The second-order valence-corrected chi connectivity index (χ2v) is 4.78. The molecular weight excluding hydrogens is 269 g/mol. The molecule has 8 heteroatoms. The van der Waals surface area contributed by atoms with Gasteiger partial charge in [0.25, 0.3) is 10.1 Å². The Hall–Kier alpha value is 2.23. The van der Waals surface area contributed by atoms with Crippen molar-refractivity contribution in [1.29, 1.82) is 0 Å². The summed E-state index contributed by atoms with van der Waals surface area (Å²) in [5.74, 6) is -0.273. The fraction of sp³-hybridized carbons (Fsp3) is 1.00. The van der Waals surface area contributed by atoms with Crippen LogP contribution in [0, 0.1) is 0 Å². The summed E-state index contributed by atoms with van der Waals surface area (Å²) in [7, 11) is -3.82. The van der Waals surface area contributed by atoms with Crippen molar-refractivity contribution in [2.24, 2.45) is 0 Å². The van der Waals surface area contributed by atoms with Crippen molar-refractivity contribution >= 4 is 35.4 Å². The Morgan fingerprint density at radius 2 is 1.82 bits per heavy atom. The SMILES string of the molecule is O=S(=O)(O)CCC(S)S.[H-].[Na+].[Zn]. The summed E-state index contributed by atoms with van der Waals surface area (Å²) in [6.45, 7) is 0. The standard InChI is InChI=1S/C3H8O3S3.Na.Zn.H/c4-9(5,6)2-1-3(7)8;;;/h3,7-8H,1-2H2,(H,4,5,6);;;/q;+1;;-1. The zero-order valence-corrected chi connectivity index (χ0v) is 13.8. The third kappa shape index (κ3) is 18.9. The molecule has 0 bridgehead atoms. The topological polar surface area (TPSA) is 54.4 Å². The van der Waals surface area contributed by atoms with Crippen molar-refractivity contribution in [3.63, 3.8) is 0 Å². The van der Waals surface area contributed by atoms with E-state index in [1.807, 2.05) is 0 Å². The van der Waals surface area contributed by atoms with E-state index in [4.69, 9.17) is 4.55 Å². The number of rotatable bonds is 3. The average molecular weight is 278 g/mol. The summed E-state index contributed by atoms with van der Waals surface area (Å²) in [5, 5.41) is 0. The van der Waals surface area contributed by atoms with Crippen LogP contribution in [0.15, 0.2) is 0 Å². The van der Waals surface area contributed by atoms with Gasteiger partial charge in [0, 0.05) is 24.1 Å². The van der Waals surface area contributed by atoms with E-state index in [0.717, 1.165) is 0 Å². The molecule has 0 saturated heterocycles. The molecule has 0 spiro atoms. The van der Waals surface area contributed by atoms with Crippen molar-refractivity contribution < 1.29 is 63.4 Å². The summed E-state index contributed by atoms with van der Waals surface area (Å²) in [6, 6.07) is 0. The van der Waals surface area contributed by atoms with Crippen LogP contribution in [0.5, 0.6) is 0 Å². The van der Waals surface area contributed by atoms with Crippen LogP contribution < -0.4 is 29.6 Å². The minimum atomic E-state index is -3.82. The minimum absolute atomic E-state index is 0. The van der Waals surface area contributed by atoms with Crippen LogP contribution in [0.3, 0.4) is 0 Å². The maximum atomic E-state index is 10.0. The minimum Gasteiger partial charge on any atom is -1.00 e. The molecule has 3 nitrogen and oxygen atoms in total. The van der Waals surface area contributed by atoms with E-state index < -0.39 is 10.1 Å². The Balaban J connectivity index is -0.000000107. The van der Waals surface area contributed by atoms with Gasteiger partial charge in [0.05, 0.1) is 5.75 Å². The predicted octanol–water partition coefficient (Wildman–Crippen LogP) is -2.44. The van der Waals surface area contributed by atoms with Gasteiger partial charge in [0.15, 0.2) is 0 Å². The molecule has 0 atom stereocenters. The molecule has 0 radical (unpaired) electrons. The fourth-order valence-corrected chi connectivity index (χ4v) is 1.40. The molecule has 0 rings (SSSR count). The van der Waals surface area contributed by atoms with Gasteiger partial charge in [-0.2, -0.15) is 33.7 Å². The van der Waals surface area contributed by atoms with Gasteiger partial charge in [0.2, 0.25) is 0 Å². The molecule has 0 unspecified atom stereocenters. The molecule has 0 aliphatic heterocycles. The molecule has 0 fully saturated rings. The molecule has 0 aromatic rings. The van der Waals surface area contributed by atoms with Gasteiger partial charge in [-0.05, 0) is 6.42 Å². The Labute approximate surface area is 114 Å². The van der Waals surface area contributed by atoms with Crippen molar-refractivity contribution in [2.75, 3.05) is 5.75 Å². The van der Waals surface area contributed by atoms with Gasteiger partial charge in [-0.25, -0.2) is 0 Å². The van der Waals surface area contributed by atoms with Gasteiger partial charge < -0.3 is 1.43 Å². The maximum Gasteiger partial charge on any atom is 1.00 e. The van der Waals surface area contributed by atoms with Crippen LogP contribution in [0.2, 0.25) is 0 Å². The Morgan fingerprint density at radius 3 is 1.91 bits per heavy atom. The molecule has 1 N–H and O–H groups in total. The first-order valence-corrected chi connectivity index (χ1v) is 4.87. The van der Waals surface area contributed by atoms with Crippen molar-refractivity contribution in [2.45, 2.75) is 11.0 Å². The molecule has 0 aliphatic carbocycles. The number of hydrogen-bond donors (Lipinski definition) is 3. The van der Waals surface area contributed by atoms with Gasteiger partial charge in [0.1, 0.15) is 0 Å². The first kappa shape index (κ1) is 18.9. The van der Waals surface area contributed by atoms with Gasteiger partial charge in [-0.1, -0.05) is 0 Å². The molecule has 0 saturated carbocycles. The van der Waals surface area contributed by atoms with Crippen LogP contribution in [0.25, 0.3) is 0 Å². The van der Waals surface area contributed by atoms with Crippen LogP contribution in [0.4, 0.5) is 0 Å². The summed E-state index contributed by atoms with van der Waals surface area (Å²) >= 11 is 7.60. The van der Waals surface area contributed by atoms with E-state index in [-0.39, 0.29) is 67.2 Å². The maximum absolute atomic E-state index is 10.0. The van der Waals surface area contributed by atoms with Crippen molar-refractivity contribution in [3.8, 4) is 0 Å². The van der Waals surface area contributed by atoms with Crippen LogP contribution in [-0.2, 0) is 29.6 Å². The third-order valence-corrected chi connectivity index (χ3v) is 1.90. The van der Waals surface area contributed by atoms with E-state index in [9.17, 15) is 8.42 Å². The second-order valence-electron chi connectivity index (χ2n) is 1.56. The van der Waals surface area contributed by atoms with Crippen molar-refractivity contribution in [1.82, 2.24) is 0 Å². The summed E-state index contributed by atoms with van der Waals surface area (Å²) in [5.41, 5.74) is 0. The van der Waals surface area contributed by atoms with E-state index >= 15 is 0 Å². The Morgan fingerprint density at radius 1 is 1.45 bits per heavy atom. The molecule has 0 aliphatic rings. The number of hydrogen-bond acceptors (Lipinski definition) is 4. The second kappa shape index (κ2) is 8.82. The smallest absolute Gasteiger partial charge is 1.00 e. The summed E-state index contributed by atoms with van der Waals surface area (Å²) in [6.07, 6.45) is 0.255. The first-order chi connectivity index (χ1) is 3.92. The summed E-state index contributed by atoms with van der Waals surface area (Å²) in [4.78, 5) is 0. The van der Waals surface area contributed by atoms with Crippen LogP contribution in [0.1, 0.15) is 7.85 Å². The van der Waals surface area contributed by atoms with E-state index in [0.29, 0.717) is 0 Å². The van der Waals surface area contributed by atoms with Gasteiger partial charge in [-0.3, -0.25) is 4.55 Å². The molecule has 11 heavy (non-hydrogen) atoms. The molecule has 0 aromatic heterocycles. The molecule has 0 aromatic carbocycles. The van der Waals surface area contributed by atoms with Crippen LogP contribution >= 0.6 is 25.3 Å². The van der Waals surface area contributed by atoms with Gasteiger partial charge in [-0.15, -0.1) is 0 Å². The molecular formula is C3H9NaO3S3Zn. The monoisotopic (exact) mass is 276 g/mol. The molecule has 0 amide bonds. The predicted molar refractivity (Wildman–Crippen MR) is 43.9 cm³/mol. The Bertz CT molecular complexity index is 174. The molecule has 0 heterocycles. The van der Waals surface area contributed by atoms with E-state index in [1.165, 1.54) is 0 Å². The average Bonchev–Trinajstić information content (AvgIpc) is 1.59. The zero-order valence-electron chi connectivity index (χ0n) is 7.27. The summed E-state index contributed by atoms with van der Waals surface area (Å²) < 4.78 is 27.9. The number of thiol groups is 2. The first-order valence-electron chi connectivity index (χ1n) is 2.23. The van der Waals surface area contributed by atoms with E-state index in [1.54, 1.807) is 0 Å². The Kier molecular flexibility index (Phi) is 15.2. The van der Waals surface area contributed by atoms with Gasteiger partial charge >= 0.3 is 29.6 Å². The largest absolute Gasteiger partial charge is 1.00 e.